The average Bonchev–Trinajstić information content (AvgIpc) is 3.08. The van der Waals surface area contributed by atoms with Crippen LogP contribution < -0.4 is 16.8 Å². The number of hydrogen-bond donors (Lipinski definition) is 4. The lowest BCUT2D eigenvalue weighted by Crippen LogP contribution is -2.71. The molecule has 0 spiro atoms. The summed E-state index contributed by atoms with van der Waals surface area (Å²) in [6, 6.07) is -0.938. The summed E-state index contributed by atoms with van der Waals surface area (Å²) in [6.07, 6.45) is 0. The summed E-state index contributed by atoms with van der Waals surface area (Å²) in [5, 5.41) is 16.8. The minimum Gasteiger partial charge on any atom is -0.477 e. The van der Waals surface area contributed by atoms with E-state index in [4.69, 9.17) is 27.9 Å². The Morgan fingerprint density at radius 3 is 2.73 bits per heavy atom. The van der Waals surface area contributed by atoms with Gasteiger partial charge < -0.3 is 26.7 Å². The van der Waals surface area contributed by atoms with Crippen molar-refractivity contribution in [3.05, 3.63) is 21.8 Å². The highest BCUT2D eigenvalue weighted by Crippen LogP contribution is 2.41. The summed E-state index contributed by atoms with van der Waals surface area (Å²) in [7, 11) is 0. The van der Waals surface area contributed by atoms with E-state index in [0.717, 1.165) is 16.2 Å². The molecular formula is C14H17Cl3N6O5S2. The van der Waals surface area contributed by atoms with Crippen molar-refractivity contribution >= 4 is 88.1 Å². The van der Waals surface area contributed by atoms with Crippen LogP contribution in [0.25, 0.3) is 0 Å². The third kappa shape index (κ3) is 5.10. The minimum absolute atomic E-state index is 0. The van der Waals surface area contributed by atoms with Crippen LogP contribution in [0.1, 0.15) is 5.69 Å². The van der Waals surface area contributed by atoms with Gasteiger partial charge in [0, 0.05) is 17.7 Å². The maximum absolute atomic E-state index is 12.7. The van der Waals surface area contributed by atoms with Crippen molar-refractivity contribution in [2.45, 2.75) is 11.4 Å². The van der Waals surface area contributed by atoms with Crippen molar-refractivity contribution in [1.29, 1.82) is 0 Å². The molecule has 1 aromatic heterocycles. The number of rotatable bonds is 7. The van der Waals surface area contributed by atoms with Gasteiger partial charge >= 0.3 is 5.97 Å². The molecule has 16 heteroatoms. The number of nitrogens with zero attached hydrogens (tertiary/aromatic N) is 3. The average molecular weight is 520 g/mol. The number of carboxylic acids is 1. The normalized spacial score (nSPS) is 20.4. The number of amides is 2. The number of thioether (sulfide) groups is 1. The number of nitrogen functional groups attached to an aromatic ring is 1. The van der Waals surface area contributed by atoms with Gasteiger partial charge in [0.2, 0.25) is 0 Å². The van der Waals surface area contributed by atoms with Crippen LogP contribution in [0.2, 0.25) is 0 Å². The minimum atomic E-state index is -1.30. The van der Waals surface area contributed by atoms with Crippen molar-refractivity contribution in [2.75, 3.05) is 24.6 Å². The second-order valence-electron chi connectivity index (χ2n) is 5.55. The number of anilines is 1. The summed E-state index contributed by atoms with van der Waals surface area (Å²) < 4.78 is 0. The first-order valence-electron chi connectivity index (χ1n) is 7.84. The largest absolute Gasteiger partial charge is 0.477 e. The molecule has 3 rings (SSSR count). The van der Waals surface area contributed by atoms with Gasteiger partial charge in [-0.1, -0.05) is 16.8 Å². The Morgan fingerprint density at radius 1 is 1.47 bits per heavy atom. The van der Waals surface area contributed by atoms with Crippen LogP contribution in [0.15, 0.2) is 21.3 Å². The van der Waals surface area contributed by atoms with Crippen LogP contribution in [-0.4, -0.2) is 68.8 Å². The van der Waals surface area contributed by atoms with Crippen LogP contribution in [0.3, 0.4) is 0 Å². The zero-order valence-corrected chi connectivity index (χ0v) is 19.0. The topological polar surface area (TPSA) is 173 Å². The Hall–Kier alpha value is -1.77. The number of carboxylic acid groups (broad SMARTS) is 1. The van der Waals surface area contributed by atoms with E-state index in [9.17, 15) is 19.5 Å². The second-order valence-corrected chi connectivity index (χ2v) is 8.00. The number of carbonyl (C=O) groups is 3. The lowest BCUT2D eigenvalue weighted by Gasteiger charge is -2.48. The van der Waals surface area contributed by atoms with Gasteiger partial charge in [0.15, 0.2) is 10.8 Å². The zero-order chi connectivity index (χ0) is 20.4. The van der Waals surface area contributed by atoms with Gasteiger partial charge in [-0.2, -0.15) is 0 Å². The molecule has 6 N–H and O–H groups in total. The predicted octanol–water partition coefficient (Wildman–Crippen LogP) is 0.183. The Balaban J connectivity index is 0.00000225. The molecule has 30 heavy (non-hydrogen) atoms. The molecule has 0 aromatic carbocycles. The third-order valence-corrected chi connectivity index (χ3v) is 6.18. The number of oxime groups is 1. The van der Waals surface area contributed by atoms with Gasteiger partial charge in [0.25, 0.3) is 11.8 Å². The van der Waals surface area contributed by atoms with Crippen molar-refractivity contribution in [3.63, 3.8) is 0 Å². The van der Waals surface area contributed by atoms with E-state index in [1.807, 2.05) is 0 Å². The summed E-state index contributed by atoms with van der Waals surface area (Å²) in [4.78, 5) is 46.5. The molecule has 0 bridgehead atoms. The van der Waals surface area contributed by atoms with E-state index >= 15 is 0 Å². The number of β-lactam (4-membered cyclic amide) rings is 1. The summed E-state index contributed by atoms with van der Waals surface area (Å²) in [5.41, 5.74) is 10.7. The maximum atomic E-state index is 12.7. The Kier molecular flexibility index (Phi) is 9.65. The number of nitrogens with two attached hydrogens (primary N) is 2. The molecular weight excluding hydrogens is 503 g/mol. The lowest BCUT2D eigenvalue weighted by atomic mass is 10.0. The first-order valence-corrected chi connectivity index (χ1v) is 10.1. The number of carbonyl (C=O) groups excluding carboxylic acids is 2. The van der Waals surface area contributed by atoms with Crippen molar-refractivity contribution < 1.29 is 24.3 Å². The molecule has 0 saturated carbocycles. The van der Waals surface area contributed by atoms with Crippen LogP contribution in [0, 0.1) is 0 Å². The summed E-state index contributed by atoms with van der Waals surface area (Å²) >= 11 is 8.28. The number of fused-ring (bicyclic) bond motifs is 1. The Labute approximate surface area is 196 Å². The SMILES string of the molecule is Cl.Cl.NCCON=C(C(=O)NC1C(=O)N2C(C(=O)O)=C(Cl)CS[C@H]12)c1csc(N)n1. The lowest BCUT2D eigenvalue weighted by molar-refractivity contribution is -0.150. The fraction of sp³-hybridized carbons (Fsp3) is 0.357. The van der Waals surface area contributed by atoms with Gasteiger partial charge in [-0.3, -0.25) is 14.5 Å². The highest BCUT2D eigenvalue weighted by Gasteiger charge is 2.54. The standard InChI is InChI=1S/C14H15ClN6O5S2.2ClH/c15-5-3-27-12-8(11(23)21(12)9(5)13(24)25)19-10(22)7(20-26-2-1-16)6-4-28-14(17)18-6;;/h4,8,12H,1-3,16H2,(H2,17,18)(H,19,22)(H,24,25);2*1H/t8?,12-;;/m1../s1. The molecule has 11 nitrogen and oxygen atoms in total. The molecule has 2 atom stereocenters. The Bertz CT molecular complexity index is 895. The highest BCUT2D eigenvalue weighted by atomic mass is 35.5. The van der Waals surface area contributed by atoms with Crippen molar-refractivity contribution in [1.82, 2.24) is 15.2 Å². The smallest absolute Gasteiger partial charge is 0.353 e. The number of aromatic nitrogens is 1. The maximum Gasteiger partial charge on any atom is 0.353 e. The first-order chi connectivity index (χ1) is 13.3. The van der Waals surface area contributed by atoms with Crippen LogP contribution >= 0.6 is 59.5 Å². The van der Waals surface area contributed by atoms with Crippen molar-refractivity contribution in [2.24, 2.45) is 10.9 Å². The summed E-state index contributed by atoms with van der Waals surface area (Å²) in [6.45, 7) is 0.272. The molecule has 3 heterocycles. The highest BCUT2D eigenvalue weighted by molar-refractivity contribution is 8.00. The van der Waals surface area contributed by atoms with Crippen molar-refractivity contribution in [3.8, 4) is 0 Å². The van der Waals surface area contributed by atoms with E-state index in [-0.39, 0.29) is 71.0 Å². The second kappa shape index (κ2) is 11.0. The number of aliphatic carboxylic acids is 1. The molecule has 1 unspecified atom stereocenters. The van der Waals surface area contributed by atoms with E-state index in [2.05, 4.69) is 15.5 Å². The number of nitrogens with one attached hydrogen (secondary N) is 1. The van der Waals surface area contributed by atoms with E-state index in [1.54, 1.807) is 0 Å². The van der Waals surface area contributed by atoms with Crippen LogP contribution in [0.5, 0.6) is 0 Å². The monoisotopic (exact) mass is 518 g/mol. The molecule has 0 aliphatic carbocycles. The molecule has 2 amide bonds. The zero-order valence-electron chi connectivity index (χ0n) is 14.9. The predicted molar refractivity (Wildman–Crippen MR) is 118 cm³/mol. The quantitative estimate of drug-likeness (QED) is 0.170. The molecule has 166 valence electrons. The van der Waals surface area contributed by atoms with Crippen LogP contribution in [-0.2, 0) is 19.2 Å². The molecule has 1 aromatic rings. The van der Waals surface area contributed by atoms with Gasteiger partial charge in [0.1, 0.15) is 29.4 Å². The summed E-state index contributed by atoms with van der Waals surface area (Å²) in [5.74, 6) is -2.38. The molecule has 2 aliphatic heterocycles. The van der Waals surface area contributed by atoms with Gasteiger partial charge in [-0.25, -0.2) is 9.78 Å². The molecule has 2 aliphatic rings. The Morgan fingerprint density at radius 2 is 2.17 bits per heavy atom. The van der Waals surface area contributed by atoms with E-state index < -0.39 is 29.2 Å². The molecule has 1 fully saturated rings. The third-order valence-electron chi connectivity index (χ3n) is 3.76. The fourth-order valence-corrected chi connectivity index (χ4v) is 4.65. The van der Waals surface area contributed by atoms with Gasteiger partial charge in [0.05, 0.1) is 5.03 Å². The first kappa shape index (κ1) is 26.3. The molecule has 0 radical (unpaired) electrons. The number of thiazole rings is 1. The number of hydrogen-bond acceptors (Lipinski definition) is 10. The number of halogens is 3. The van der Waals surface area contributed by atoms with E-state index in [1.165, 1.54) is 17.1 Å². The molecule has 1 saturated heterocycles. The fourth-order valence-electron chi connectivity index (χ4n) is 2.56. The van der Waals surface area contributed by atoms with E-state index in [0.29, 0.717) is 0 Å². The van der Waals surface area contributed by atoms with Gasteiger partial charge in [-0.05, 0) is 0 Å². The van der Waals surface area contributed by atoms with Gasteiger partial charge in [-0.15, -0.1) is 47.9 Å². The van der Waals surface area contributed by atoms with Crippen LogP contribution in [0.4, 0.5) is 5.13 Å².